The summed E-state index contributed by atoms with van der Waals surface area (Å²) in [6.45, 7) is 5.05. The Labute approximate surface area is 205 Å². The summed E-state index contributed by atoms with van der Waals surface area (Å²) in [6, 6.07) is 10.3. The van der Waals surface area contributed by atoms with Crippen molar-refractivity contribution in [3.63, 3.8) is 0 Å². The van der Waals surface area contributed by atoms with Gasteiger partial charge in [-0.3, -0.25) is 0 Å². The van der Waals surface area contributed by atoms with E-state index in [1.165, 1.54) is 95.6 Å². The SMILES string of the molecule is CCCCCCCCCCCCCCCCCCS(=O)(=O)N1CCN(c2ccccc2)CC1. The van der Waals surface area contributed by atoms with Crippen molar-refractivity contribution >= 4 is 15.7 Å². The highest BCUT2D eigenvalue weighted by Gasteiger charge is 2.26. The first-order valence-corrected chi connectivity index (χ1v) is 15.5. The van der Waals surface area contributed by atoms with Crippen LogP contribution < -0.4 is 4.90 Å². The Morgan fingerprint density at radius 1 is 0.606 bits per heavy atom. The van der Waals surface area contributed by atoms with E-state index in [2.05, 4.69) is 24.0 Å². The molecule has 1 fully saturated rings. The van der Waals surface area contributed by atoms with Crippen molar-refractivity contribution < 1.29 is 8.42 Å². The minimum absolute atomic E-state index is 0.316. The molecule has 0 spiro atoms. The van der Waals surface area contributed by atoms with Gasteiger partial charge in [0.2, 0.25) is 10.0 Å². The van der Waals surface area contributed by atoms with Crippen molar-refractivity contribution in [3.05, 3.63) is 30.3 Å². The van der Waals surface area contributed by atoms with Gasteiger partial charge in [0.25, 0.3) is 0 Å². The summed E-state index contributed by atoms with van der Waals surface area (Å²) in [7, 11) is -3.10. The highest BCUT2D eigenvalue weighted by Crippen LogP contribution is 2.18. The molecule has 0 aliphatic carbocycles. The molecule has 1 aromatic carbocycles. The molecule has 2 rings (SSSR count). The van der Waals surface area contributed by atoms with Gasteiger partial charge in [0.15, 0.2) is 0 Å². The van der Waals surface area contributed by atoms with Crippen molar-refractivity contribution in [2.24, 2.45) is 0 Å². The molecule has 1 aromatic rings. The lowest BCUT2D eigenvalue weighted by Gasteiger charge is -2.35. The van der Waals surface area contributed by atoms with Gasteiger partial charge in [-0.1, -0.05) is 121 Å². The third-order valence-electron chi connectivity index (χ3n) is 7.01. The number of unbranched alkanes of at least 4 members (excludes halogenated alkanes) is 15. The Hall–Kier alpha value is -1.07. The lowest BCUT2D eigenvalue weighted by molar-refractivity contribution is 0.384. The number of hydrogen-bond acceptors (Lipinski definition) is 3. The van der Waals surface area contributed by atoms with Crippen LogP contribution in [-0.2, 0) is 10.0 Å². The van der Waals surface area contributed by atoms with Gasteiger partial charge in [0, 0.05) is 31.9 Å². The minimum atomic E-state index is -3.10. The number of para-hydroxylation sites is 1. The van der Waals surface area contributed by atoms with Crippen molar-refractivity contribution in [1.29, 1.82) is 0 Å². The molecule has 0 bridgehead atoms. The second-order valence-corrected chi connectivity index (χ2v) is 11.9. The van der Waals surface area contributed by atoms with E-state index in [1.54, 1.807) is 4.31 Å². The van der Waals surface area contributed by atoms with Gasteiger partial charge in [-0.15, -0.1) is 0 Å². The van der Waals surface area contributed by atoms with Crippen molar-refractivity contribution in [3.8, 4) is 0 Å². The van der Waals surface area contributed by atoms with Crippen LogP contribution in [0, 0.1) is 0 Å². The first-order valence-electron chi connectivity index (χ1n) is 13.9. The van der Waals surface area contributed by atoms with Gasteiger partial charge in [0.1, 0.15) is 0 Å². The maximum Gasteiger partial charge on any atom is 0.214 e. The van der Waals surface area contributed by atoms with Crippen LogP contribution in [-0.4, -0.2) is 44.7 Å². The van der Waals surface area contributed by atoms with E-state index in [4.69, 9.17) is 0 Å². The number of benzene rings is 1. The molecular formula is C28H50N2O2S. The highest BCUT2D eigenvalue weighted by atomic mass is 32.2. The Bertz CT molecular complexity index is 685. The van der Waals surface area contributed by atoms with Crippen molar-refractivity contribution in [1.82, 2.24) is 4.31 Å². The molecule has 190 valence electrons. The van der Waals surface area contributed by atoms with Gasteiger partial charge in [-0.05, 0) is 18.6 Å². The number of piperazine rings is 1. The number of anilines is 1. The maximum atomic E-state index is 12.7. The van der Waals surface area contributed by atoms with Gasteiger partial charge < -0.3 is 4.90 Å². The second-order valence-electron chi connectivity index (χ2n) is 9.84. The molecule has 1 heterocycles. The molecule has 0 atom stereocenters. The first kappa shape index (κ1) is 28.2. The summed E-state index contributed by atoms with van der Waals surface area (Å²) in [6.07, 6.45) is 21.0. The fourth-order valence-electron chi connectivity index (χ4n) is 4.82. The largest absolute Gasteiger partial charge is 0.369 e. The van der Waals surface area contributed by atoms with Gasteiger partial charge in [-0.25, -0.2) is 8.42 Å². The van der Waals surface area contributed by atoms with Gasteiger partial charge in [0.05, 0.1) is 5.75 Å². The third-order valence-corrected chi connectivity index (χ3v) is 8.97. The molecule has 0 unspecified atom stereocenters. The zero-order valence-corrected chi connectivity index (χ0v) is 22.2. The predicted octanol–water partition coefficient (Wildman–Crippen LogP) is 7.40. The smallest absolute Gasteiger partial charge is 0.214 e. The van der Waals surface area contributed by atoms with Crippen molar-refractivity contribution in [2.75, 3.05) is 36.8 Å². The lowest BCUT2D eigenvalue weighted by Crippen LogP contribution is -2.49. The van der Waals surface area contributed by atoms with Crippen LogP contribution in [0.4, 0.5) is 5.69 Å². The van der Waals surface area contributed by atoms with E-state index in [-0.39, 0.29) is 0 Å². The van der Waals surface area contributed by atoms with E-state index in [1.807, 2.05) is 18.2 Å². The van der Waals surface area contributed by atoms with E-state index >= 15 is 0 Å². The molecule has 5 heteroatoms. The lowest BCUT2D eigenvalue weighted by atomic mass is 10.0. The van der Waals surface area contributed by atoms with E-state index in [0.717, 1.165) is 25.9 Å². The minimum Gasteiger partial charge on any atom is -0.369 e. The summed E-state index contributed by atoms with van der Waals surface area (Å²) in [4.78, 5) is 2.28. The average Bonchev–Trinajstić information content (AvgIpc) is 2.84. The van der Waals surface area contributed by atoms with Crippen LogP contribution in [0.3, 0.4) is 0 Å². The Morgan fingerprint density at radius 2 is 1.03 bits per heavy atom. The van der Waals surface area contributed by atoms with Crippen LogP contribution in [0.2, 0.25) is 0 Å². The van der Waals surface area contributed by atoms with Crippen molar-refractivity contribution in [2.45, 2.75) is 110 Å². The molecule has 1 aliphatic rings. The van der Waals surface area contributed by atoms with Gasteiger partial charge in [-0.2, -0.15) is 4.31 Å². The number of rotatable bonds is 19. The quantitative estimate of drug-likeness (QED) is 0.194. The fraction of sp³-hybridized carbons (Fsp3) is 0.786. The molecule has 4 nitrogen and oxygen atoms in total. The van der Waals surface area contributed by atoms with Crippen LogP contribution in [0.5, 0.6) is 0 Å². The molecule has 1 saturated heterocycles. The Morgan fingerprint density at radius 3 is 1.48 bits per heavy atom. The fourth-order valence-corrected chi connectivity index (χ4v) is 6.37. The predicted molar refractivity (Wildman–Crippen MR) is 144 cm³/mol. The summed E-state index contributed by atoms with van der Waals surface area (Å²) < 4.78 is 27.1. The third kappa shape index (κ3) is 12.3. The normalized spacial score (nSPS) is 15.2. The van der Waals surface area contributed by atoms with Gasteiger partial charge >= 0.3 is 0 Å². The number of sulfonamides is 1. The molecule has 1 aliphatic heterocycles. The zero-order valence-electron chi connectivity index (χ0n) is 21.4. The molecule has 0 saturated carbocycles. The van der Waals surface area contributed by atoms with E-state index in [0.29, 0.717) is 18.8 Å². The van der Waals surface area contributed by atoms with E-state index in [9.17, 15) is 8.42 Å². The van der Waals surface area contributed by atoms with Crippen LogP contribution >= 0.6 is 0 Å². The summed E-state index contributed by atoms with van der Waals surface area (Å²) in [5, 5.41) is 0. The average molecular weight is 479 g/mol. The van der Waals surface area contributed by atoms with Crippen LogP contribution in [0.25, 0.3) is 0 Å². The molecule has 0 aromatic heterocycles. The molecule has 0 amide bonds. The topological polar surface area (TPSA) is 40.6 Å². The highest BCUT2D eigenvalue weighted by molar-refractivity contribution is 7.89. The second kappa shape index (κ2) is 17.4. The van der Waals surface area contributed by atoms with Crippen LogP contribution in [0.15, 0.2) is 30.3 Å². The molecular weight excluding hydrogens is 428 g/mol. The molecule has 0 N–H and O–H groups in total. The molecule has 0 radical (unpaired) electrons. The number of nitrogens with zero attached hydrogens (tertiary/aromatic N) is 2. The summed E-state index contributed by atoms with van der Waals surface area (Å²) in [5.74, 6) is 0.316. The first-order chi connectivity index (χ1) is 16.1. The standard InChI is InChI=1S/C28H50N2O2S/c1-2-3-4-5-6-7-8-9-10-11-12-13-14-15-16-20-27-33(31,32)30-25-23-29(24-26-30)28-21-18-17-19-22-28/h17-19,21-22H,2-16,20,23-27H2,1H3. The molecule has 33 heavy (non-hydrogen) atoms. The summed E-state index contributed by atoms with van der Waals surface area (Å²) >= 11 is 0. The Kier molecular flexibility index (Phi) is 14.8. The maximum absolute atomic E-state index is 12.7. The summed E-state index contributed by atoms with van der Waals surface area (Å²) in [5.41, 5.74) is 1.19. The zero-order chi connectivity index (χ0) is 23.6. The van der Waals surface area contributed by atoms with E-state index < -0.39 is 10.0 Å². The Balaban J connectivity index is 1.40. The number of hydrogen-bond donors (Lipinski definition) is 0. The van der Waals surface area contributed by atoms with Crippen LogP contribution in [0.1, 0.15) is 110 Å². The monoisotopic (exact) mass is 478 g/mol.